The van der Waals surface area contributed by atoms with Gasteiger partial charge < -0.3 is 10.2 Å². The van der Waals surface area contributed by atoms with Crippen molar-refractivity contribution in [2.45, 2.75) is 57.9 Å². The van der Waals surface area contributed by atoms with Crippen LogP contribution in [0.3, 0.4) is 0 Å². The molecule has 0 aromatic heterocycles. The maximum atomic E-state index is 9.47. The average Bonchev–Trinajstić information content (AvgIpc) is 2.81. The first-order chi connectivity index (χ1) is 9.01. The molecule has 3 nitrogen and oxygen atoms in total. The predicted octanol–water partition coefficient (Wildman–Crippen LogP) is 2.78. The van der Waals surface area contributed by atoms with Crippen molar-refractivity contribution < 1.29 is 0 Å². The highest BCUT2D eigenvalue weighted by Crippen LogP contribution is 2.38. The lowest BCUT2D eigenvalue weighted by atomic mass is 9.82. The van der Waals surface area contributed by atoms with Crippen LogP contribution in [0.25, 0.3) is 0 Å². The highest BCUT2D eigenvalue weighted by atomic mass is 15.1. The lowest BCUT2D eigenvalue weighted by Gasteiger charge is -2.38. The van der Waals surface area contributed by atoms with Gasteiger partial charge in [-0.15, -0.1) is 0 Å². The third-order valence-electron chi connectivity index (χ3n) is 5.47. The Hall–Kier alpha value is -0.590. The molecule has 1 saturated heterocycles. The summed E-state index contributed by atoms with van der Waals surface area (Å²) in [6.45, 7) is 8.40. The van der Waals surface area contributed by atoms with E-state index < -0.39 is 0 Å². The van der Waals surface area contributed by atoms with Crippen molar-refractivity contribution >= 4 is 0 Å². The maximum absolute atomic E-state index is 9.47. The number of rotatable bonds is 4. The van der Waals surface area contributed by atoms with Crippen molar-refractivity contribution in [2.24, 2.45) is 11.3 Å². The standard InChI is InChI=1S/C16H29N3/c1-15(2)8-11-19(12-9-15)10-6-14-5-4-7-16(14,13-17)18-3/h14,18H,4-12H2,1-3H3. The fourth-order valence-electron chi connectivity index (χ4n) is 3.72. The molecule has 1 saturated carbocycles. The smallest absolute Gasteiger partial charge is 0.109 e. The zero-order valence-corrected chi connectivity index (χ0v) is 12.8. The minimum absolute atomic E-state index is 0.241. The van der Waals surface area contributed by atoms with Crippen molar-refractivity contribution in [3.63, 3.8) is 0 Å². The normalized spacial score (nSPS) is 35.2. The average molecular weight is 263 g/mol. The van der Waals surface area contributed by atoms with Crippen LogP contribution in [-0.2, 0) is 0 Å². The molecule has 0 radical (unpaired) electrons. The van der Waals surface area contributed by atoms with Gasteiger partial charge in [0.15, 0.2) is 0 Å². The van der Waals surface area contributed by atoms with Crippen molar-refractivity contribution in [3.05, 3.63) is 0 Å². The molecule has 0 aromatic rings. The molecule has 0 aromatic carbocycles. The number of piperidine rings is 1. The Labute approximate surface area is 118 Å². The van der Waals surface area contributed by atoms with Gasteiger partial charge in [-0.1, -0.05) is 20.3 Å². The lowest BCUT2D eigenvalue weighted by Crippen LogP contribution is -2.46. The molecule has 2 aliphatic rings. The molecule has 2 rings (SSSR count). The van der Waals surface area contributed by atoms with Gasteiger partial charge in [0.25, 0.3) is 0 Å². The van der Waals surface area contributed by atoms with Crippen LogP contribution in [0.2, 0.25) is 0 Å². The molecule has 2 atom stereocenters. The Morgan fingerprint density at radius 1 is 1.26 bits per heavy atom. The molecular formula is C16H29N3. The van der Waals surface area contributed by atoms with Crippen LogP contribution in [0, 0.1) is 22.7 Å². The molecule has 2 unspecified atom stereocenters. The van der Waals surface area contributed by atoms with E-state index in [4.69, 9.17) is 0 Å². The van der Waals surface area contributed by atoms with E-state index in [0.717, 1.165) is 6.42 Å². The number of nitrogens with zero attached hydrogens (tertiary/aromatic N) is 2. The number of nitrogens with one attached hydrogen (secondary N) is 1. The van der Waals surface area contributed by atoms with Crippen molar-refractivity contribution in [1.82, 2.24) is 10.2 Å². The van der Waals surface area contributed by atoms with E-state index in [-0.39, 0.29) is 5.54 Å². The van der Waals surface area contributed by atoms with Gasteiger partial charge in [0, 0.05) is 0 Å². The summed E-state index contributed by atoms with van der Waals surface area (Å²) in [5.41, 5.74) is 0.292. The number of hydrogen-bond acceptors (Lipinski definition) is 3. The second-order valence-corrected chi connectivity index (χ2v) is 7.22. The molecular weight excluding hydrogens is 234 g/mol. The Morgan fingerprint density at radius 2 is 1.95 bits per heavy atom. The van der Waals surface area contributed by atoms with Crippen LogP contribution < -0.4 is 5.32 Å². The van der Waals surface area contributed by atoms with Gasteiger partial charge in [0.1, 0.15) is 5.54 Å². The molecule has 1 N–H and O–H groups in total. The summed E-state index contributed by atoms with van der Waals surface area (Å²) in [7, 11) is 1.95. The molecule has 1 aliphatic carbocycles. The Kier molecular flexibility index (Phi) is 4.53. The molecule has 2 fully saturated rings. The summed E-state index contributed by atoms with van der Waals surface area (Å²) in [5.74, 6) is 0.539. The quantitative estimate of drug-likeness (QED) is 0.847. The minimum Gasteiger partial charge on any atom is -0.303 e. The summed E-state index contributed by atoms with van der Waals surface area (Å²) >= 11 is 0. The lowest BCUT2D eigenvalue weighted by molar-refractivity contribution is 0.122. The van der Waals surface area contributed by atoms with Crippen molar-refractivity contribution in [3.8, 4) is 6.07 Å². The van der Waals surface area contributed by atoms with Crippen LogP contribution in [-0.4, -0.2) is 37.1 Å². The Morgan fingerprint density at radius 3 is 2.53 bits per heavy atom. The maximum Gasteiger partial charge on any atom is 0.109 e. The summed E-state index contributed by atoms with van der Waals surface area (Å²) in [5, 5.41) is 12.8. The highest BCUT2D eigenvalue weighted by Gasteiger charge is 2.41. The van der Waals surface area contributed by atoms with Crippen LogP contribution in [0.1, 0.15) is 52.4 Å². The molecule has 1 aliphatic heterocycles. The third-order valence-corrected chi connectivity index (χ3v) is 5.47. The molecule has 1 heterocycles. The second kappa shape index (κ2) is 5.81. The first-order valence-electron chi connectivity index (χ1n) is 7.84. The second-order valence-electron chi connectivity index (χ2n) is 7.22. The first kappa shape index (κ1) is 14.8. The number of likely N-dealkylation sites (tertiary alicyclic amines) is 1. The van der Waals surface area contributed by atoms with Crippen LogP contribution in [0.4, 0.5) is 0 Å². The predicted molar refractivity (Wildman–Crippen MR) is 78.8 cm³/mol. The van der Waals surface area contributed by atoms with E-state index in [0.29, 0.717) is 11.3 Å². The van der Waals surface area contributed by atoms with E-state index in [2.05, 4.69) is 30.1 Å². The summed E-state index contributed by atoms with van der Waals surface area (Å²) < 4.78 is 0. The summed E-state index contributed by atoms with van der Waals surface area (Å²) in [6, 6.07) is 2.55. The van der Waals surface area contributed by atoms with Gasteiger partial charge in [0.2, 0.25) is 0 Å². The zero-order valence-electron chi connectivity index (χ0n) is 12.8. The molecule has 0 spiro atoms. The fraction of sp³-hybridized carbons (Fsp3) is 0.938. The van der Waals surface area contributed by atoms with E-state index in [1.54, 1.807) is 0 Å². The topological polar surface area (TPSA) is 39.1 Å². The van der Waals surface area contributed by atoms with Crippen LogP contribution in [0.5, 0.6) is 0 Å². The zero-order chi connectivity index (χ0) is 13.9. The first-order valence-corrected chi connectivity index (χ1v) is 7.84. The molecule has 3 heteroatoms. The van der Waals surface area contributed by atoms with Crippen molar-refractivity contribution in [2.75, 3.05) is 26.7 Å². The summed E-state index contributed by atoms with van der Waals surface area (Å²) in [6.07, 6.45) is 7.24. The van der Waals surface area contributed by atoms with Gasteiger partial charge in [-0.25, -0.2) is 0 Å². The monoisotopic (exact) mass is 263 g/mol. The molecule has 0 amide bonds. The van der Waals surface area contributed by atoms with Crippen molar-refractivity contribution in [1.29, 1.82) is 5.26 Å². The largest absolute Gasteiger partial charge is 0.303 e. The number of nitriles is 1. The van der Waals surface area contributed by atoms with Gasteiger partial charge >= 0.3 is 0 Å². The molecule has 19 heavy (non-hydrogen) atoms. The molecule has 0 bridgehead atoms. The van der Waals surface area contributed by atoms with Crippen LogP contribution >= 0.6 is 0 Å². The fourth-order valence-corrected chi connectivity index (χ4v) is 3.72. The van der Waals surface area contributed by atoms with Crippen LogP contribution in [0.15, 0.2) is 0 Å². The van der Waals surface area contributed by atoms with E-state index >= 15 is 0 Å². The van der Waals surface area contributed by atoms with Gasteiger partial charge in [-0.05, 0) is 70.1 Å². The Balaban J connectivity index is 1.81. The van der Waals surface area contributed by atoms with E-state index in [1.165, 1.54) is 51.7 Å². The van der Waals surface area contributed by atoms with Gasteiger partial charge in [-0.2, -0.15) is 5.26 Å². The third kappa shape index (κ3) is 3.30. The highest BCUT2D eigenvalue weighted by molar-refractivity contribution is 5.13. The molecule has 108 valence electrons. The van der Waals surface area contributed by atoms with Gasteiger partial charge in [0.05, 0.1) is 6.07 Å². The van der Waals surface area contributed by atoms with E-state index in [9.17, 15) is 5.26 Å². The Bertz CT molecular complexity index is 334. The SMILES string of the molecule is CNC1(C#N)CCCC1CCN1CCC(C)(C)CC1. The number of hydrogen-bond donors (Lipinski definition) is 1. The minimum atomic E-state index is -0.241. The van der Waals surface area contributed by atoms with E-state index in [1.807, 2.05) is 7.05 Å². The summed E-state index contributed by atoms with van der Waals surface area (Å²) in [4.78, 5) is 2.60. The van der Waals surface area contributed by atoms with Gasteiger partial charge in [-0.3, -0.25) is 0 Å².